The molecule has 5 saturated heterocycles. The molecule has 4 aromatic heterocycles. The minimum absolute atomic E-state index is 0.0788. The molecule has 12 rings (SSSR count). The summed E-state index contributed by atoms with van der Waals surface area (Å²) in [7, 11) is 0. The summed E-state index contributed by atoms with van der Waals surface area (Å²) < 4.78 is 19.2. The number of amides is 2. The van der Waals surface area contributed by atoms with Crippen LogP contribution in [0.2, 0.25) is 0 Å². The molecule has 6 aromatic rings. The van der Waals surface area contributed by atoms with Crippen LogP contribution in [0.3, 0.4) is 0 Å². The zero-order valence-electron chi connectivity index (χ0n) is 46.8. The van der Waals surface area contributed by atoms with Crippen LogP contribution in [0.25, 0.3) is 21.7 Å². The highest BCUT2D eigenvalue weighted by Crippen LogP contribution is 2.41. The van der Waals surface area contributed by atoms with E-state index in [4.69, 9.17) is 19.7 Å². The minimum atomic E-state index is -0.807. The van der Waals surface area contributed by atoms with Crippen LogP contribution < -0.4 is 30.5 Å². The van der Waals surface area contributed by atoms with Gasteiger partial charge in [0.2, 0.25) is 17.7 Å². The van der Waals surface area contributed by atoms with Crippen LogP contribution in [0.4, 0.5) is 23.0 Å². The summed E-state index contributed by atoms with van der Waals surface area (Å²) in [4.78, 5) is 49.6. The molecule has 9 heterocycles. The van der Waals surface area contributed by atoms with E-state index in [0.29, 0.717) is 52.5 Å². The number of hydrogen-bond acceptors (Lipinski definition) is 18. The van der Waals surface area contributed by atoms with Gasteiger partial charge in [-0.25, -0.2) is 9.97 Å². The molecule has 1 saturated carbocycles. The Morgan fingerprint density at radius 1 is 0.840 bits per heavy atom. The third-order valence-corrected chi connectivity index (χ3v) is 18.9. The topological polar surface area (TPSA) is 225 Å². The molecule has 1 unspecified atom stereocenters. The van der Waals surface area contributed by atoms with Crippen molar-refractivity contribution >= 4 is 46.2 Å². The maximum absolute atomic E-state index is 14.4. The number of phenolic OH excluding ortho intramolecular Hbond substituents is 1. The molecule has 428 valence electrons. The van der Waals surface area contributed by atoms with Gasteiger partial charge in [-0.2, -0.15) is 0 Å². The molecule has 5 N–H and O–H groups in total. The van der Waals surface area contributed by atoms with E-state index in [1.165, 1.54) is 4.90 Å². The first-order chi connectivity index (χ1) is 39.3. The van der Waals surface area contributed by atoms with Gasteiger partial charge in [-0.15, -0.1) is 21.5 Å². The number of aliphatic hydroxyl groups is 1. The number of phenols is 1. The van der Waals surface area contributed by atoms with Crippen LogP contribution in [-0.2, 0) is 14.3 Å². The third kappa shape index (κ3) is 11.8. The fraction of sp³-hybridized carbons (Fsp3) is 0.525. The van der Waals surface area contributed by atoms with Crippen molar-refractivity contribution in [2.24, 2.45) is 11.8 Å². The number of carbonyl (C=O) groups excluding carboxylic acids is 2. The standard InChI is InChI=1S/C61H76N12O7S/c1-36(2)57(61(77)72-34-45(74)28-52(72)60(76)65-37(3)40-9-11-41(12-10-40)58-38(4)64-35-81-58)54-30-55(68-80-54)70-23-18-47(19-24-70)78-46-16-21-69(22-17-46)31-39-25-48(26-39)79-56-27-42(15-20-63-56)73-43-13-14-44(73)33-71(32-43)51-29-50(66-67-59(51)62)49-7-5-6-8-53(49)75/h5-12,15,20,27,29-30,35-37,39,43-48,52,57,74-75H,13-14,16-19,21-26,28,31-34H2,1-4H3,(H2,62,67)(H,65,76)/t37-,39?,43+,44?,45+,48?,52-,57+/m0/s1. The van der Waals surface area contributed by atoms with Crippen molar-refractivity contribution in [3.05, 3.63) is 102 Å². The minimum Gasteiger partial charge on any atom is -0.507 e. The Bertz CT molecular complexity index is 3140. The molecule has 5 aliphatic heterocycles. The summed E-state index contributed by atoms with van der Waals surface area (Å²) in [6, 6.07) is 22.8. The van der Waals surface area contributed by atoms with Gasteiger partial charge in [0.25, 0.3) is 0 Å². The number of fused-ring (bicyclic) bond motifs is 2. The Hall–Kier alpha value is -6.87. The summed E-state index contributed by atoms with van der Waals surface area (Å²) in [6.07, 6.45) is 9.90. The number of nitrogens with one attached hydrogen (secondary N) is 1. The largest absolute Gasteiger partial charge is 0.507 e. The molecule has 6 fully saturated rings. The molecule has 6 atom stereocenters. The number of pyridine rings is 1. The number of carbonyl (C=O) groups is 2. The third-order valence-electron chi connectivity index (χ3n) is 17.9. The van der Waals surface area contributed by atoms with Crippen molar-refractivity contribution < 1.29 is 33.8 Å². The lowest BCUT2D eigenvalue weighted by atomic mass is 9.81. The Kier molecular flexibility index (Phi) is 15.9. The Labute approximate surface area is 477 Å². The maximum Gasteiger partial charge on any atom is 0.243 e. The van der Waals surface area contributed by atoms with Crippen LogP contribution in [0.15, 0.2) is 89.0 Å². The van der Waals surface area contributed by atoms with E-state index in [2.05, 4.69) is 62.4 Å². The van der Waals surface area contributed by atoms with E-state index in [1.807, 2.05) is 87.9 Å². The van der Waals surface area contributed by atoms with E-state index < -0.39 is 18.1 Å². The summed E-state index contributed by atoms with van der Waals surface area (Å²) in [5.74, 6) is 1.70. The van der Waals surface area contributed by atoms with Gasteiger partial charge in [-0.3, -0.25) is 9.59 Å². The fourth-order valence-electron chi connectivity index (χ4n) is 13.5. The molecule has 1 aliphatic carbocycles. The quantitative estimate of drug-likeness (QED) is 0.0679. The van der Waals surface area contributed by atoms with E-state index in [-0.39, 0.29) is 60.8 Å². The lowest BCUT2D eigenvalue weighted by Gasteiger charge is -2.43. The van der Waals surface area contributed by atoms with E-state index in [1.54, 1.807) is 23.5 Å². The predicted molar refractivity (Wildman–Crippen MR) is 311 cm³/mol. The highest BCUT2D eigenvalue weighted by atomic mass is 32.1. The first-order valence-electron chi connectivity index (χ1n) is 29.2. The van der Waals surface area contributed by atoms with E-state index >= 15 is 0 Å². The zero-order chi connectivity index (χ0) is 55.9. The number of para-hydroxylation sites is 1. The Morgan fingerprint density at radius 2 is 1.57 bits per heavy atom. The monoisotopic (exact) mass is 1120 g/mol. The number of aromatic nitrogens is 5. The van der Waals surface area contributed by atoms with Gasteiger partial charge in [0, 0.05) is 100 Å². The number of aliphatic hydroxyl groups excluding tert-OH is 1. The average Bonchev–Trinajstić information content (AvgIpc) is 4.28. The van der Waals surface area contributed by atoms with Gasteiger partial charge >= 0.3 is 0 Å². The normalized spacial score (nSPS) is 24.4. The number of aryl methyl sites for hydroxylation is 1. The van der Waals surface area contributed by atoms with Gasteiger partial charge in [0.15, 0.2) is 17.4 Å². The van der Waals surface area contributed by atoms with Gasteiger partial charge in [-0.05, 0) is 112 Å². The number of piperazine rings is 1. The fourth-order valence-corrected chi connectivity index (χ4v) is 14.3. The number of benzene rings is 2. The number of anilines is 4. The summed E-state index contributed by atoms with van der Waals surface area (Å²) in [6.45, 7) is 14.3. The smallest absolute Gasteiger partial charge is 0.243 e. The number of β-amino-alcohol motifs (C(OH)–C–C–N with tert-alkyl or cyclic N) is 1. The lowest BCUT2D eigenvalue weighted by molar-refractivity contribution is -0.141. The van der Waals surface area contributed by atoms with Crippen LogP contribution in [0.1, 0.15) is 108 Å². The number of ether oxygens (including phenoxy) is 2. The molecule has 2 bridgehead atoms. The Balaban J connectivity index is 0.564. The van der Waals surface area contributed by atoms with Crippen molar-refractivity contribution in [3.8, 4) is 33.3 Å². The van der Waals surface area contributed by atoms with Gasteiger partial charge < -0.3 is 59.8 Å². The Morgan fingerprint density at radius 3 is 2.27 bits per heavy atom. The first-order valence-corrected chi connectivity index (χ1v) is 30.1. The number of hydrogen-bond donors (Lipinski definition) is 4. The van der Waals surface area contributed by atoms with Crippen molar-refractivity contribution in [1.82, 2.24) is 40.4 Å². The number of thiazole rings is 1. The first kappa shape index (κ1) is 54.7. The highest BCUT2D eigenvalue weighted by Gasteiger charge is 2.45. The summed E-state index contributed by atoms with van der Waals surface area (Å²) in [5, 5.41) is 37.4. The van der Waals surface area contributed by atoms with Gasteiger partial charge in [0.05, 0.1) is 51.8 Å². The molecule has 2 aromatic carbocycles. The maximum atomic E-state index is 14.4. The molecular weight excluding hydrogens is 1040 g/mol. The number of nitrogens with zero attached hydrogens (tertiary/aromatic N) is 10. The van der Waals surface area contributed by atoms with Crippen LogP contribution >= 0.6 is 11.3 Å². The number of rotatable bonds is 17. The lowest BCUT2D eigenvalue weighted by Crippen LogP contribution is -2.54. The second-order valence-electron chi connectivity index (χ2n) is 23.8. The molecule has 81 heavy (non-hydrogen) atoms. The van der Waals surface area contributed by atoms with Gasteiger partial charge in [-0.1, -0.05) is 55.4 Å². The van der Waals surface area contributed by atoms with Crippen LogP contribution in [0.5, 0.6) is 11.6 Å². The molecule has 20 heteroatoms. The van der Waals surface area contributed by atoms with Gasteiger partial charge in [0.1, 0.15) is 23.8 Å². The highest BCUT2D eigenvalue weighted by molar-refractivity contribution is 7.13. The number of nitrogens with two attached hydrogens (primary N) is 1. The number of nitrogen functional groups attached to an aromatic ring is 1. The molecule has 6 aliphatic rings. The average molecular weight is 1120 g/mol. The molecule has 2 amide bonds. The molecular formula is C61H76N12O7S. The van der Waals surface area contributed by atoms with E-state index in [0.717, 1.165) is 130 Å². The number of aromatic hydroxyl groups is 1. The second-order valence-corrected chi connectivity index (χ2v) is 24.6. The second kappa shape index (κ2) is 23.5. The van der Waals surface area contributed by atoms with Crippen molar-refractivity contribution in [2.45, 2.75) is 140 Å². The summed E-state index contributed by atoms with van der Waals surface area (Å²) in [5.41, 5.74) is 14.5. The molecule has 0 spiro atoms. The SMILES string of the molecule is Cc1ncsc1-c1ccc([C@H](C)NC(=O)[C@@H]2C[C@@H](O)CN2C(=O)[C@@H](c2cc(N3CCC(OC4CCN(CC5CC(Oc6cc(N7C8CC[C@@H]7CN(c7cc(-c9ccccc9O)nnc7N)C8)ccn6)C5)CC4)CC3)no2)C(C)C)cc1. The van der Waals surface area contributed by atoms with Crippen molar-refractivity contribution in [1.29, 1.82) is 0 Å². The molecule has 0 radical (unpaired) electrons. The predicted octanol–water partition coefficient (Wildman–Crippen LogP) is 7.99. The van der Waals surface area contributed by atoms with Crippen molar-refractivity contribution in [2.75, 3.05) is 72.8 Å². The van der Waals surface area contributed by atoms with E-state index in [9.17, 15) is 19.8 Å². The van der Waals surface area contributed by atoms with Crippen molar-refractivity contribution in [3.63, 3.8) is 0 Å². The van der Waals surface area contributed by atoms with Crippen LogP contribution in [-0.4, -0.2) is 152 Å². The zero-order valence-corrected chi connectivity index (χ0v) is 47.7. The van der Waals surface area contributed by atoms with Crippen LogP contribution in [0, 0.1) is 18.8 Å². The number of piperidine rings is 2. The molecule has 19 nitrogen and oxygen atoms in total. The summed E-state index contributed by atoms with van der Waals surface area (Å²) >= 11 is 1.60. The number of likely N-dealkylation sites (tertiary alicyclic amines) is 2.